The molecule has 2 aromatic rings. The summed E-state index contributed by atoms with van der Waals surface area (Å²) in [6.45, 7) is 10.0. The van der Waals surface area contributed by atoms with Gasteiger partial charge in [-0.25, -0.2) is 0 Å². The number of hydrogen-bond acceptors (Lipinski definition) is 3. The van der Waals surface area contributed by atoms with Crippen molar-refractivity contribution in [3.63, 3.8) is 0 Å². The molecule has 2 aromatic carbocycles. The second kappa shape index (κ2) is 10.2. The van der Waals surface area contributed by atoms with Gasteiger partial charge in [0.25, 0.3) is 5.91 Å². The van der Waals surface area contributed by atoms with Crippen molar-refractivity contribution in [2.45, 2.75) is 39.7 Å². The number of hydrogen-bond donors (Lipinski definition) is 2. The predicted octanol–water partition coefficient (Wildman–Crippen LogP) is 4.53. The van der Waals surface area contributed by atoms with Crippen LogP contribution in [-0.2, 0) is 16.8 Å². The molecule has 0 spiro atoms. The molecule has 0 aliphatic carbocycles. The Kier molecular flexibility index (Phi) is 8.62. The van der Waals surface area contributed by atoms with Gasteiger partial charge in [0.15, 0.2) is 6.61 Å². The van der Waals surface area contributed by atoms with Crippen LogP contribution in [0.3, 0.4) is 0 Å². The molecule has 2 rings (SSSR count). The molecule has 142 valence electrons. The van der Waals surface area contributed by atoms with Crippen molar-refractivity contribution < 1.29 is 9.53 Å². The van der Waals surface area contributed by atoms with Crippen molar-refractivity contribution in [3.8, 4) is 5.75 Å². The molecule has 0 atom stereocenters. The van der Waals surface area contributed by atoms with E-state index in [1.807, 2.05) is 48.5 Å². The van der Waals surface area contributed by atoms with Crippen molar-refractivity contribution in [3.05, 3.63) is 59.7 Å². The van der Waals surface area contributed by atoms with E-state index >= 15 is 0 Å². The fourth-order valence-corrected chi connectivity index (χ4v) is 2.60. The van der Waals surface area contributed by atoms with Gasteiger partial charge < -0.3 is 15.4 Å². The number of halogens is 1. The molecular weight excluding hydrogens is 348 g/mol. The molecule has 1 amide bonds. The number of anilines is 1. The van der Waals surface area contributed by atoms with Crippen LogP contribution in [0.4, 0.5) is 5.69 Å². The molecule has 0 aliphatic rings. The zero-order valence-corrected chi connectivity index (χ0v) is 16.8. The van der Waals surface area contributed by atoms with E-state index in [0.717, 1.165) is 35.7 Å². The summed E-state index contributed by atoms with van der Waals surface area (Å²) in [7, 11) is 0. The van der Waals surface area contributed by atoms with Crippen molar-refractivity contribution in [1.82, 2.24) is 5.32 Å². The number of benzene rings is 2. The first kappa shape index (κ1) is 22.0. The van der Waals surface area contributed by atoms with Crippen LogP contribution in [-0.4, -0.2) is 19.1 Å². The van der Waals surface area contributed by atoms with Gasteiger partial charge in [-0.3, -0.25) is 4.79 Å². The monoisotopic (exact) mass is 376 g/mol. The van der Waals surface area contributed by atoms with Gasteiger partial charge >= 0.3 is 0 Å². The normalized spacial score (nSPS) is 10.8. The van der Waals surface area contributed by atoms with Crippen LogP contribution in [0.2, 0.25) is 0 Å². The van der Waals surface area contributed by atoms with E-state index in [-0.39, 0.29) is 30.3 Å². The van der Waals surface area contributed by atoms with Crippen molar-refractivity contribution in [2.24, 2.45) is 0 Å². The number of ether oxygens (including phenoxy) is 1. The average Bonchev–Trinajstić information content (AvgIpc) is 2.58. The van der Waals surface area contributed by atoms with E-state index in [4.69, 9.17) is 4.74 Å². The van der Waals surface area contributed by atoms with E-state index < -0.39 is 0 Å². The Morgan fingerprint density at radius 3 is 2.38 bits per heavy atom. The smallest absolute Gasteiger partial charge is 0.262 e. The van der Waals surface area contributed by atoms with Crippen LogP contribution in [0, 0.1) is 0 Å². The number of amides is 1. The van der Waals surface area contributed by atoms with Crippen LogP contribution in [0.25, 0.3) is 0 Å². The number of carbonyl (C=O) groups is 1. The Bertz CT molecular complexity index is 711. The Hall–Kier alpha value is -2.04. The Morgan fingerprint density at radius 1 is 1.04 bits per heavy atom. The minimum atomic E-state index is -0.160. The van der Waals surface area contributed by atoms with Crippen LogP contribution in [0.15, 0.2) is 48.5 Å². The zero-order valence-electron chi connectivity index (χ0n) is 16.0. The highest BCUT2D eigenvalue weighted by atomic mass is 35.5. The second-order valence-electron chi connectivity index (χ2n) is 7.02. The molecule has 2 N–H and O–H groups in total. The fraction of sp³-hybridized carbons (Fsp3) is 0.381. The van der Waals surface area contributed by atoms with E-state index in [0.29, 0.717) is 0 Å². The van der Waals surface area contributed by atoms with Gasteiger partial charge in [0, 0.05) is 12.2 Å². The van der Waals surface area contributed by atoms with E-state index in [9.17, 15) is 4.79 Å². The van der Waals surface area contributed by atoms with Gasteiger partial charge in [-0.05, 0) is 35.2 Å². The number of nitrogens with one attached hydrogen (secondary N) is 2. The zero-order chi connectivity index (χ0) is 18.3. The highest BCUT2D eigenvalue weighted by Gasteiger charge is 2.19. The molecule has 0 aliphatic heterocycles. The van der Waals surface area contributed by atoms with Gasteiger partial charge in [-0.15, -0.1) is 12.4 Å². The SMILES string of the molecule is CCNCc1ccccc1NC(=O)COc1ccccc1C(C)(C)C.Cl. The summed E-state index contributed by atoms with van der Waals surface area (Å²) in [5, 5.41) is 6.22. The summed E-state index contributed by atoms with van der Waals surface area (Å²) in [6, 6.07) is 15.7. The minimum Gasteiger partial charge on any atom is -0.483 e. The van der Waals surface area contributed by atoms with Gasteiger partial charge in [-0.1, -0.05) is 64.1 Å². The van der Waals surface area contributed by atoms with E-state index in [1.165, 1.54) is 0 Å². The van der Waals surface area contributed by atoms with Crippen LogP contribution in [0.5, 0.6) is 5.75 Å². The quantitative estimate of drug-likeness (QED) is 0.746. The fourth-order valence-electron chi connectivity index (χ4n) is 2.60. The molecule has 0 bridgehead atoms. The summed E-state index contributed by atoms with van der Waals surface area (Å²) in [6.07, 6.45) is 0. The lowest BCUT2D eigenvalue weighted by atomic mass is 9.86. The standard InChI is InChI=1S/C21H28N2O2.ClH/c1-5-22-14-16-10-6-8-12-18(16)23-20(24)15-25-19-13-9-7-11-17(19)21(2,3)4;/h6-13,22H,5,14-15H2,1-4H3,(H,23,24);1H. The molecule has 0 saturated heterocycles. The van der Waals surface area contributed by atoms with Gasteiger partial charge in [0.2, 0.25) is 0 Å². The second-order valence-corrected chi connectivity index (χ2v) is 7.02. The lowest BCUT2D eigenvalue weighted by molar-refractivity contribution is -0.118. The predicted molar refractivity (Wildman–Crippen MR) is 110 cm³/mol. The van der Waals surface area contributed by atoms with Gasteiger partial charge in [0.1, 0.15) is 5.75 Å². The molecule has 4 nitrogen and oxygen atoms in total. The molecule has 0 saturated carbocycles. The molecule has 26 heavy (non-hydrogen) atoms. The van der Waals surface area contributed by atoms with Gasteiger partial charge in [-0.2, -0.15) is 0 Å². The maximum absolute atomic E-state index is 12.3. The molecule has 0 heterocycles. The van der Waals surface area contributed by atoms with Crippen molar-refractivity contribution in [1.29, 1.82) is 0 Å². The maximum Gasteiger partial charge on any atom is 0.262 e. The van der Waals surface area contributed by atoms with Crippen LogP contribution < -0.4 is 15.4 Å². The third-order valence-corrected chi connectivity index (χ3v) is 3.91. The first-order valence-electron chi connectivity index (χ1n) is 8.72. The molecule has 5 heteroatoms. The van der Waals surface area contributed by atoms with Gasteiger partial charge in [0.05, 0.1) is 0 Å². The summed E-state index contributed by atoms with van der Waals surface area (Å²) in [4.78, 5) is 12.3. The minimum absolute atomic E-state index is 0. The maximum atomic E-state index is 12.3. The molecule has 0 unspecified atom stereocenters. The highest BCUT2D eigenvalue weighted by Crippen LogP contribution is 2.30. The third kappa shape index (κ3) is 6.36. The van der Waals surface area contributed by atoms with Crippen molar-refractivity contribution >= 4 is 24.0 Å². The number of carbonyl (C=O) groups excluding carboxylic acids is 1. The lowest BCUT2D eigenvalue weighted by Crippen LogP contribution is -2.23. The Labute approximate surface area is 162 Å². The average molecular weight is 377 g/mol. The topological polar surface area (TPSA) is 50.4 Å². The lowest BCUT2D eigenvalue weighted by Gasteiger charge is -2.22. The molecule has 0 aromatic heterocycles. The number of rotatable bonds is 7. The summed E-state index contributed by atoms with van der Waals surface area (Å²) in [5.74, 6) is 0.596. The first-order chi connectivity index (χ1) is 11.9. The molecule has 0 fully saturated rings. The third-order valence-electron chi connectivity index (χ3n) is 3.91. The van der Waals surface area contributed by atoms with E-state index in [1.54, 1.807) is 0 Å². The molecule has 0 radical (unpaired) electrons. The first-order valence-corrected chi connectivity index (χ1v) is 8.72. The largest absolute Gasteiger partial charge is 0.483 e. The molecular formula is C21H29ClN2O2. The van der Waals surface area contributed by atoms with E-state index in [2.05, 4.69) is 38.3 Å². The number of para-hydroxylation sites is 2. The van der Waals surface area contributed by atoms with Crippen LogP contribution in [0.1, 0.15) is 38.8 Å². The summed E-state index contributed by atoms with van der Waals surface area (Å²) in [5.41, 5.74) is 2.94. The van der Waals surface area contributed by atoms with Crippen LogP contribution >= 0.6 is 12.4 Å². The summed E-state index contributed by atoms with van der Waals surface area (Å²) < 4.78 is 5.79. The van der Waals surface area contributed by atoms with Crippen molar-refractivity contribution in [2.75, 3.05) is 18.5 Å². The Balaban J connectivity index is 0.00000338. The summed E-state index contributed by atoms with van der Waals surface area (Å²) >= 11 is 0. The Morgan fingerprint density at radius 2 is 1.69 bits per heavy atom. The highest BCUT2D eigenvalue weighted by molar-refractivity contribution is 5.92.